The Hall–Kier alpha value is -2.45. The van der Waals surface area contributed by atoms with Crippen molar-refractivity contribution >= 4 is 40.8 Å². The highest BCUT2D eigenvalue weighted by Gasteiger charge is 2.17. The molecule has 0 radical (unpaired) electrons. The topological polar surface area (TPSA) is 70.6 Å². The van der Waals surface area contributed by atoms with Gasteiger partial charge in [0.2, 0.25) is 11.9 Å². The summed E-state index contributed by atoms with van der Waals surface area (Å²) in [7, 11) is 3.78. The van der Waals surface area contributed by atoms with Crippen LogP contribution >= 0.6 is 11.3 Å². The lowest BCUT2D eigenvalue weighted by Crippen LogP contribution is -2.37. The molecule has 7 nitrogen and oxygen atoms in total. The van der Waals surface area contributed by atoms with Crippen molar-refractivity contribution in [1.29, 1.82) is 0 Å². The first-order chi connectivity index (χ1) is 12.1. The maximum atomic E-state index is 12.2. The van der Waals surface area contributed by atoms with E-state index in [1.807, 2.05) is 36.5 Å². The van der Waals surface area contributed by atoms with Crippen molar-refractivity contribution in [2.75, 3.05) is 55.5 Å². The third-order valence-electron chi connectivity index (χ3n) is 3.67. The molecule has 1 fully saturated rings. The summed E-state index contributed by atoms with van der Waals surface area (Å²) in [5.74, 6) is 1.12. The average molecular weight is 359 g/mol. The summed E-state index contributed by atoms with van der Waals surface area (Å²) in [6.07, 6.45) is 4.96. The number of anilines is 3. The number of thiophene rings is 1. The zero-order chi connectivity index (χ0) is 17.6. The Kier molecular flexibility index (Phi) is 5.62. The van der Waals surface area contributed by atoms with Crippen molar-refractivity contribution in [3.8, 4) is 0 Å². The van der Waals surface area contributed by atoms with Gasteiger partial charge in [-0.3, -0.25) is 4.79 Å². The summed E-state index contributed by atoms with van der Waals surface area (Å²) >= 11 is 1.58. The van der Waals surface area contributed by atoms with Gasteiger partial charge in [-0.2, -0.15) is 4.98 Å². The Morgan fingerprint density at radius 3 is 2.88 bits per heavy atom. The van der Waals surface area contributed by atoms with Gasteiger partial charge in [-0.15, -0.1) is 11.3 Å². The van der Waals surface area contributed by atoms with E-state index < -0.39 is 0 Å². The number of hydrogen-bond acceptors (Lipinski definition) is 7. The van der Waals surface area contributed by atoms with E-state index >= 15 is 0 Å². The third-order valence-corrected chi connectivity index (χ3v) is 4.51. The zero-order valence-corrected chi connectivity index (χ0v) is 15.1. The number of aromatic nitrogens is 2. The summed E-state index contributed by atoms with van der Waals surface area (Å²) in [5.41, 5.74) is 0.586. The molecule has 0 saturated carbocycles. The minimum absolute atomic E-state index is 0.209. The maximum Gasteiger partial charge on any atom is 0.248 e. The summed E-state index contributed by atoms with van der Waals surface area (Å²) < 4.78 is 5.36. The zero-order valence-electron chi connectivity index (χ0n) is 14.3. The van der Waals surface area contributed by atoms with Crippen molar-refractivity contribution in [3.63, 3.8) is 0 Å². The van der Waals surface area contributed by atoms with Crippen LogP contribution in [0.25, 0.3) is 6.08 Å². The predicted molar refractivity (Wildman–Crippen MR) is 101 cm³/mol. The maximum absolute atomic E-state index is 12.2. The minimum atomic E-state index is -0.209. The first-order valence-electron chi connectivity index (χ1n) is 8.03. The van der Waals surface area contributed by atoms with Crippen molar-refractivity contribution in [3.05, 3.63) is 34.7 Å². The molecule has 0 atom stereocenters. The summed E-state index contributed by atoms with van der Waals surface area (Å²) in [6.45, 7) is 2.88. The summed E-state index contributed by atoms with van der Waals surface area (Å²) in [6, 6.07) is 3.91. The van der Waals surface area contributed by atoms with E-state index in [1.165, 1.54) is 6.08 Å². The Morgan fingerprint density at radius 1 is 1.40 bits per heavy atom. The van der Waals surface area contributed by atoms with E-state index in [0.717, 1.165) is 18.0 Å². The number of nitrogens with zero attached hydrogens (tertiary/aromatic N) is 4. The van der Waals surface area contributed by atoms with Gasteiger partial charge < -0.3 is 19.9 Å². The number of carbonyl (C=O) groups is 1. The van der Waals surface area contributed by atoms with E-state index in [1.54, 1.807) is 23.6 Å². The molecule has 2 aromatic heterocycles. The number of carbonyl (C=O) groups excluding carboxylic acids is 1. The second-order valence-electron chi connectivity index (χ2n) is 5.74. The molecule has 0 spiro atoms. The van der Waals surface area contributed by atoms with Gasteiger partial charge in [-0.1, -0.05) is 6.07 Å². The molecule has 3 rings (SSSR count). The van der Waals surface area contributed by atoms with Gasteiger partial charge in [0, 0.05) is 38.1 Å². The molecular formula is C17H21N5O2S. The first-order valence-corrected chi connectivity index (χ1v) is 8.91. The van der Waals surface area contributed by atoms with E-state index in [0.29, 0.717) is 30.7 Å². The van der Waals surface area contributed by atoms with Crippen LogP contribution in [0.15, 0.2) is 29.8 Å². The van der Waals surface area contributed by atoms with E-state index in [2.05, 4.69) is 20.2 Å². The Bertz CT molecular complexity index is 740. The molecule has 1 N–H and O–H groups in total. The van der Waals surface area contributed by atoms with Crippen molar-refractivity contribution in [2.24, 2.45) is 0 Å². The van der Waals surface area contributed by atoms with Gasteiger partial charge in [0.15, 0.2) is 5.82 Å². The lowest BCUT2D eigenvalue weighted by Gasteiger charge is -2.28. The molecule has 0 unspecified atom stereocenters. The van der Waals surface area contributed by atoms with Crippen molar-refractivity contribution in [1.82, 2.24) is 9.97 Å². The minimum Gasteiger partial charge on any atom is -0.378 e. The lowest BCUT2D eigenvalue weighted by atomic mass is 10.3. The second kappa shape index (κ2) is 8.09. The number of nitrogens with one attached hydrogen (secondary N) is 1. The molecule has 0 bridgehead atoms. The fourth-order valence-electron chi connectivity index (χ4n) is 2.43. The SMILES string of the molecule is CN(C)c1nc(N2CCOCC2)ncc1NC(=O)/C=C/c1cccs1. The summed E-state index contributed by atoms with van der Waals surface area (Å²) in [4.78, 5) is 26.2. The molecule has 1 aliphatic heterocycles. The largest absolute Gasteiger partial charge is 0.378 e. The Labute approximate surface area is 151 Å². The molecular weight excluding hydrogens is 338 g/mol. The van der Waals surface area contributed by atoms with Crippen LogP contribution in [0.3, 0.4) is 0 Å². The van der Waals surface area contributed by atoms with Crippen molar-refractivity contribution in [2.45, 2.75) is 0 Å². The van der Waals surface area contributed by atoms with Gasteiger partial charge in [-0.25, -0.2) is 4.98 Å². The van der Waals surface area contributed by atoms with Crippen LogP contribution in [0.5, 0.6) is 0 Å². The van der Waals surface area contributed by atoms with Gasteiger partial charge in [0.25, 0.3) is 0 Å². The van der Waals surface area contributed by atoms with E-state index in [4.69, 9.17) is 4.74 Å². The van der Waals surface area contributed by atoms with E-state index in [9.17, 15) is 4.79 Å². The van der Waals surface area contributed by atoms with Gasteiger partial charge in [0.1, 0.15) is 5.69 Å². The molecule has 1 amide bonds. The standard InChI is InChI=1S/C17H21N5O2S/c1-21(2)16-14(19-15(23)6-5-13-4-3-11-25-13)12-18-17(20-16)22-7-9-24-10-8-22/h3-6,11-12H,7-10H2,1-2H3,(H,19,23)/b6-5+. The molecule has 132 valence electrons. The normalized spacial score (nSPS) is 14.7. The number of rotatable bonds is 5. The number of amides is 1. The lowest BCUT2D eigenvalue weighted by molar-refractivity contribution is -0.111. The molecule has 8 heteroatoms. The molecule has 1 aliphatic rings. The van der Waals surface area contributed by atoms with Crippen molar-refractivity contribution < 1.29 is 9.53 Å². The van der Waals surface area contributed by atoms with Crippen LogP contribution in [0.1, 0.15) is 4.88 Å². The Balaban J connectivity index is 1.74. The molecule has 0 aliphatic carbocycles. The van der Waals surface area contributed by atoms with Crippen LogP contribution in [0.2, 0.25) is 0 Å². The summed E-state index contributed by atoms with van der Waals surface area (Å²) in [5, 5.41) is 4.83. The smallest absolute Gasteiger partial charge is 0.248 e. The quantitative estimate of drug-likeness (QED) is 0.825. The fraction of sp³-hybridized carbons (Fsp3) is 0.353. The van der Waals surface area contributed by atoms with Gasteiger partial charge in [-0.05, 0) is 17.5 Å². The molecule has 25 heavy (non-hydrogen) atoms. The predicted octanol–water partition coefficient (Wildman–Crippen LogP) is 2.09. The van der Waals surface area contributed by atoms with Gasteiger partial charge in [0.05, 0.1) is 19.4 Å². The Morgan fingerprint density at radius 2 is 2.20 bits per heavy atom. The molecule has 0 aromatic carbocycles. The number of ether oxygens (including phenoxy) is 1. The first kappa shape index (κ1) is 17.4. The van der Waals surface area contributed by atoms with Gasteiger partial charge >= 0.3 is 0 Å². The van der Waals surface area contributed by atoms with Crippen LogP contribution in [0.4, 0.5) is 17.5 Å². The molecule has 1 saturated heterocycles. The molecule has 2 aromatic rings. The monoisotopic (exact) mass is 359 g/mol. The van der Waals surface area contributed by atoms with Crippen LogP contribution in [0, 0.1) is 0 Å². The average Bonchev–Trinajstić information content (AvgIpc) is 3.14. The number of hydrogen-bond donors (Lipinski definition) is 1. The molecule has 3 heterocycles. The van der Waals surface area contributed by atoms with E-state index in [-0.39, 0.29) is 5.91 Å². The number of morpholine rings is 1. The second-order valence-corrected chi connectivity index (χ2v) is 6.72. The highest BCUT2D eigenvalue weighted by Crippen LogP contribution is 2.24. The highest BCUT2D eigenvalue weighted by molar-refractivity contribution is 7.10. The van der Waals surface area contributed by atoms with Crippen LogP contribution in [-0.2, 0) is 9.53 Å². The van der Waals surface area contributed by atoms with Crippen LogP contribution < -0.4 is 15.1 Å². The fourth-order valence-corrected chi connectivity index (χ4v) is 3.04. The highest BCUT2D eigenvalue weighted by atomic mass is 32.1. The third kappa shape index (κ3) is 4.55. The van der Waals surface area contributed by atoms with Crippen LogP contribution in [-0.4, -0.2) is 56.3 Å².